The molecule has 0 radical (unpaired) electrons. The van der Waals surface area contributed by atoms with Gasteiger partial charge < -0.3 is 0 Å². The van der Waals surface area contributed by atoms with Crippen LogP contribution in [0.25, 0.3) is 0 Å². The van der Waals surface area contributed by atoms with Crippen molar-refractivity contribution in [1.29, 1.82) is 0 Å². The highest BCUT2D eigenvalue weighted by Crippen LogP contribution is 2.27. The van der Waals surface area contributed by atoms with Crippen molar-refractivity contribution in [1.82, 2.24) is 4.90 Å². The van der Waals surface area contributed by atoms with Crippen molar-refractivity contribution in [2.24, 2.45) is 23.7 Å². The summed E-state index contributed by atoms with van der Waals surface area (Å²) in [7, 11) is 0. The van der Waals surface area contributed by atoms with Crippen LogP contribution in [0.2, 0.25) is 0 Å². The second-order valence-corrected chi connectivity index (χ2v) is 8.04. The lowest BCUT2D eigenvalue weighted by molar-refractivity contribution is 0.133. The maximum atomic E-state index is 2.50. The molecular formula is C20H47N. The average Bonchev–Trinajstić information content (AvgIpc) is 2.12. The van der Waals surface area contributed by atoms with Crippen LogP contribution in [0.15, 0.2) is 0 Å². The Morgan fingerprint density at radius 3 is 0.619 bits per heavy atom. The number of hydrogen-bond donors (Lipinski definition) is 0. The first-order valence-electron chi connectivity index (χ1n) is 8.70. The number of hydrogen-bond acceptors (Lipinski definition) is 1. The van der Waals surface area contributed by atoms with Crippen LogP contribution in [0.1, 0.15) is 90.5 Å². The standard InChI is InChI=1S/C10H22.C9H21N.CH4/c2*1-7(2)10(8(3)4)9(5)6;/h7-10H,1-6H3;7-9H,1-6H3;1H4. The Morgan fingerprint density at radius 1 is 0.429 bits per heavy atom. The summed E-state index contributed by atoms with van der Waals surface area (Å²) in [4.78, 5) is 2.50. The van der Waals surface area contributed by atoms with Gasteiger partial charge in [-0.15, -0.1) is 0 Å². The van der Waals surface area contributed by atoms with Crippen molar-refractivity contribution in [3.63, 3.8) is 0 Å². The molecule has 0 atom stereocenters. The van der Waals surface area contributed by atoms with Crippen LogP contribution < -0.4 is 0 Å². The Hall–Kier alpha value is -0.0400. The molecule has 0 unspecified atom stereocenters. The Balaban J connectivity index is -0.000000295. The predicted octanol–water partition coefficient (Wildman–Crippen LogP) is 6.72. The molecular weight excluding hydrogens is 254 g/mol. The smallest absolute Gasteiger partial charge is 0.00439 e. The molecule has 0 saturated heterocycles. The van der Waals surface area contributed by atoms with Crippen molar-refractivity contribution in [2.45, 2.75) is 109 Å². The van der Waals surface area contributed by atoms with Crippen molar-refractivity contribution >= 4 is 0 Å². The molecule has 0 aliphatic carbocycles. The maximum absolute atomic E-state index is 2.50. The maximum Gasteiger partial charge on any atom is 0.00439 e. The molecule has 0 aromatic carbocycles. The van der Waals surface area contributed by atoms with Gasteiger partial charge in [0.15, 0.2) is 0 Å². The van der Waals surface area contributed by atoms with Gasteiger partial charge in [0, 0.05) is 18.1 Å². The lowest BCUT2D eigenvalue weighted by Crippen LogP contribution is -2.42. The van der Waals surface area contributed by atoms with Gasteiger partial charge in [0.1, 0.15) is 0 Å². The van der Waals surface area contributed by atoms with E-state index in [0.717, 1.165) is 23.7 Å². The van der Waals surface area contributed by atoms with E-state index in [2.05, 4.69) is 88.0 Å². The van der Waals surface area contributed by atoms with Crippen molar-refractivity contribution in [3.05, 3.63) is 0 Å². The van der Waals surface area contributed by atoms with Gasteiger partial charge in [-0.3, -0.25) is 4.90 Å². The third kappa shape index (κ3) is 11.2. The summed E-state index contributed by atoms with van der Waals surface area (Å²) >= 11 is 0. The fourth-order valence-electron chi connectivity index (χ4n) is 4.10. The van der Waals surface area contributed by atoms with Gasteiger partial charge >= 0.3 is 0 Å². The molecule has 0 saturated carbocycles. The zero-order valence-electron chi connectivity index (χ0n) is 16.5. The van der Waals surface area contributed by atoms with Crippen molar-refractivity contribution in [3.8, 4) is 0 Å². The van der Waals surface area contributed by atoms with Crippen LogP contribution in [0.4, 0.5) is 0 Å². The summed E-state index contributed by atoms with van der Waals surface area (Å²) in [5.41, 5.74) is 0. The highest BCUT2D eigenvalue weighted by molar-refractivity contribution is 4.70. The van der Waals surface area contributed by atoms with Crippen molar-refractivity contribution in [2.75, 3.05) is 0 Å². The van der Waals surface area contributed by atoms with Crippen LogP contribution in [-0.4, -0.2) is 23.0 Å². The summed E-state index contributed by atoms with van der Waals surface area (Å²) < 4.78 is 0. The Labute approximate surface area is 137 Å². The molecule has 0 aromatic heterocycles. The quantitative estimate of drug-likeness (QED) is 0.526. The van der Waals surface area contributed by atoms with Crippen LogP contribution in [0.5, 0.6) is 0 Å². The SMILES string of the molecule is C.CC(C)C(C(C)C)C(C)C.CC(C)N(C(C)C)C(C)C. The van der Waals surface area contributed by atoms with E-state index in [0.29, 0.717) is 18.1 Å². The monoisotopic (exact) mass is 301 g/mol. The van der Waals surface area contributed by atoms with Gasteiger partial charge in [0.25, 0.3) is 0 Å². The van der Waals surface area contributed by atoms with Crippen molar-refractivity contribution < 1.29 is 0 Å². The summed E-state index contributed by atoms with van der Waals surface area (Å²) in [5, 5.41) is 0. The van der Waals surface area contributed by atoms with Gasteiger partial charge in [0.05, 0.1) is 0 Å². The summed E-state index contributed by atoms with van der Waals surface area (Å²) in [6.45, 7) is 27.4. The molecule has 132 valence electrons. The lowest BCUT2D eigenvalue weighted by Gasteiger charge is -2.34. The molecule has 0 amide bonds. The minimum absolute atomic E-state index is 0. The first-order chi connectivity index (χ1) is 8.93. The topological polar surface area (TPSA) is 3.24 Å². The van der Waals surface area contributed by atoms with Gasteiger partial charge in [-0.1, -0.05) is 49.0 Å². The third-order valence-electron chi connectivity index (χ3n) is 4.10. The highest BCUT2D eigenvalue weighted by atomic mass is 15.2. The van der Waals surface area contributed by atoms with E-state index < -0.39 is 0 Å². The minimum Gasteiger partial charge on any atom is -0.296 e. The van der Waals surface area contributed by atoms with Gasteiger partial charge in [0.2, 0.25) is 0 Å². The second-order valence-electron chi connectivity index (χ2n) is 8.04. The third-order valence-corrected chi connectivity index (χ3v) is 4.10. The largest absolute Gasteiger partial charge is 0.296 e. The lowest BCUT2D eigenvalue weighted by atomic mass is 9.78. The number of rotatable bonds is 6. The summed E-state index contributed by atoms with van der Waals surface area (Å²) in [6.07, 6.45) is 0. The summed E-state index contributed by atoms with van der Waals surface area (Å²) in [5.74, 6) is 3.39. The van der Waals surface area contributed by atoms with E-state index in [1.54, 1.807) is 0 Å². The molecule has 0 spiro atoms. The zero-order valence-corrected chi connectivity index (χ0v) is 16.5. The fourth-order valence-corrected chi connectivity index (χ4v) is 4.10. The van der Waals surface area contributed by atoms with E-state index >= 15 is 0 Å². The van der Waals surface area contributed by atoms with E-state index in [1.807, 2.05) is 0 Å². The Kier molecular flexibility index (Phi) is 15.4. The molecule has 0 aromatic rings. The van der Waals surface area contributed by atoms with Crippen LogP contribution >= 0.6 is 0 Å². The highest BCUT2D eigenvalue weighted by Gasteiger charge is 2.20. The molecule has 0 aliphatic heterocycles. The first kappa shape index (κ1) is 25.9. The predicted molar refractivity (Wildman–Crippen MR) is 102 cm³/mol. The van der Waals surface area contributed by atoms with Gasteiger partial charge in [-0.05, 0) is 65.2 Å². The molecule has 0 heterocycles. The number of nitrogens with zero attached hydrogens (tertiary/aromatic N) is 1. The zero-order chi connectivity index (χ0) is 16.6. The molecule has 0 fully saturated rings. The summed E-state index contributed by atoms with van der Waals surface area (Å²) in [6, 6.07) is 2.00. The first-order valence-corrected chi connectivity index (χ1v) is 8.70. The second kappa shape index (κ2) is 12.5. The van der Waals surface area contributed by atoms with E-state index in [9.17, 15) is 0 Å². The molecule has 1 nitrogen and oxygen atoms in total. The molecule has 0 N–H and O–H groups in total. The molecule has 0 bridgehead atoms. The Bertz CT molecular complexity index is 152. The van der Waals surface area contributed by atoms with Gasteiger partial charge in [-0.2, -0.15) is 0 Å². The van der Waals surface area contributed by atoms with E-state index in [4.69, 9.17) is 0 Å². The van der Waals surface area contributed by atoms with E-state index in [-0.39, 0.29) is 7.43 Å². The average molecular weight is 302 g/mol. The van der Waals surface area contributed by atoms with Crippen LogP contribution in [-0.2, 0) is 0 Å². The van der Waals surface area contributed by atoms with Crippen LogP contribution in [0, 0.1) is 23.7 Å². The molecule has 21 heavy (non-hydrogen) atoms. The fraction of sp³-hybridized carbons (Fsp3) is 1.00. The normalized spacial score (nSPS) is 12.0. The van der Waals surface area contributed by atoms with Gasteiger partial charge in [-0.25, -0.2) is 0 Å². The molecule has 0 aliphatic rings. The molecule has 1 heteroatoms. The van der Waals surface area contributed by atoms with Crippen LogP contribution in [0.3, 0.4) is 0 Å². The molecule has 0 rings (SSSR count). The van der Waals surface area contributed by atoms with E-state index in [1.165, 1.54) is 0 Å². The Morgan fingerprint density at radius 2 is 0.619 bits per heavy atom. The minimum atomic E-state index is 0.